The third-order valence-corrected chi connectivity index (χ3v) is 9.95. The van der Waals surface area contributed by atoms with E-state index in [1.54, 1.807) is 0 Å². The van der Waals surface area contributed by atoms with Gasteiger partial charge in [-0.2, -0.15) is 0 Å². The van der Waals surface area contributed by atoms with Gasteiger partial charge < -0.3 is 4.57 Å². The fourth-order valence-corrected chi connectivity index (χ4v) is 7.66. The van der Waals surface area contributed by atoms with Crippen molar-refractivity contribution >= 4 is 32.7 Å². The molecule has 0 atom stereocenters. The second-order valence-corrected chi connectivity index (χ2v) is 13.0. The normalized spacial score (nSPS) is 11.5. The van der Waals surface area contributed by atoms with Crippen molar-refractivity contribution in [1.29, 1.82) is 0 Å². The first-order valence-electron chi connectivity index (χ1n) is 17.6. The number of fused-ring (bicyclic) bond motifs is 4. The number of hydrogen-bond acceptors (Lipinski definition) is 2. The smallest absolute Gasteiger partial charge is 0.235 e. The lowest BCUT2D eigenvalue weighted by atomic mass is 9.98. The minimum absolute atomic E-state index is 0.621. The molecule has 0 N–H and O–H groups in total. The first kappa shape index (κ1) is 29.8. The van der Waals surface area contributed by atoms with Crippen LogP contribution in [0.3, 0.4) is 0 Å². The summed E-state index contributed by atoms with van der Waals surface area (Å²) in [6.07, 6.45) is 0. The number of nitrogens with zero attached hydrogens (tertiary/aromatic N) is 4. The highest BCUT2D eigenvalue weighted by Gasteiger charge is 2.24. The number of benzene rings is 7. The Morgan fingerprint density at radius 1 is 0.327 bits per heavy atom. The Bertz CT molecular complexity index is 2780. The Balaban J connectivity index is 1.30. The number of hydrogen-bond donors (Lipinski definition) is 0. The van der Waals surface area contributed by atoms with Crippen LogP contribution in [0.15, 0.2) is 194 Å². The highest BCUT2D eigenvalue weighted by atomic mass is 15.2. The van der Waals surface area contributed by atoms with Crippen molar-refractivity contribution in [3.63, 3.8) is 0 Å². The van der Waals surface area contributed by atoms with E-state index in [1.807, 2.05) is 12.1 Å². The van der Waals surface area contributed by atoms with Crippen LogP contribution in [0.2, 0.25) is 0 Å². The van der Waals surface area contributed by atoms with E-state index in [1.165, 1.54) is 21.8 Å². The van der Waals surface area contributed by atoms with Crippen LogP contribution in [0.5, 0.6) is 0 Å². The monoisotopic (exact) mass is 664 g/mol. The number of rotatable bonds is 6. The molecule has 0 saturated carbocycles. The Morgan fingerprint density at radius 2 is 0.769 bits per heavy atom. The van der Waals surface area contributed by atoms with Crippen molar-refractivity contribution in [3.8, 4) is 56.5 Å². The number of para-hydroxylation sites is 3. The number of aromatic nitrogens is 4. The van der Waals surface area contributed by atoms with E-state index >= 15 is 0 Å². The zero-order chi connectivity index (χ0) is 34.4. The summed E-state index contributed by atoms with van der Waals surface area (Å²) in [6, 6.07) is 68.4. The highest BCUT2D eigenvalue weighted by molar-refractivity contribution is 6.10. The first-order valence-corrected chi connectivity index (χ1v) is 17.6. The maximum atomic E-state index is 5.34. The summed E-state index contributed by atoms with van der Waals surface area (Å²) in [7, 11) is 0. The topological polar surface area (TPSA) is 35.6 Å². The second-order valence-electron chi connectivity index (χ2n) is 13.0. The quantitative estimate of drug-likeness (QED) is 0.177. The van der Waals surface area contributed by atoms with Crippen molar-refractivity contribution < 1.29 is 0 Å². The summed E-state index contributed by atoms with van der Waals surface area (Å²) < 4.78 is 4.64. The molecule has 0 amide bonds. The molecule has 10 rings (SSSR count). The van der Waals surface area contributed by atoms with Gasteiger partial charge in [0, 0.05) is 44.1 Å². The zero-order valence-electron chi connectivity index (χ0n) is 28.3. The third kappa shape index (κ3) is 4.92. The van der Waals surface area contributed by atoms with E-state index in [0.717, 1.165) is 61.5 Å². The fraction of sp³-hybridized carbons (Fsp3) is 0. The standard InChI is InChI=1S/C48H32N4/c1-4-17-33(18-5-1)41-32-42(34-19-6-2-7-20-34)50-48(49-41)52-45-30-15-12-27-40(45)46(35-21-8-3-9-22-35)47(52)36-23-16-24-37(31-36)51-43-28-13-10-25-38(43)39-26-11-14-29-44(39)51/h1-32H. The molecule has 52 heavy (non-hydrogen) atoms. The molecule has 0 bridgehead atoms. The SMILES string of the molecule is c1ccc(-c2cc(-c3ccccc3)nc(-n3c(-c4cccc(-n5c6ccccc6c6ccccc65)c4)c(-c4ccccc4)c4ccccc43)n2)cc1. The summed E-state index contributed by atoms with van der Waals surface area (Å²) in [5, 5.41) is 3.62. The van der Waals surface area contributed by atoms with Crippen LogP contribution >= 0.6 is 0 Å². The van der Waals surface area contributed by atoms with Crippen LogP contribution in [-0.2, 0) is 0 Å². The van der Waals surface area contributed by atoms with Crippen molar-refractivity contribution in [2.45, 2.75) is 0 Å². The van der Waals surface area contributed by atoms with E-state index in [-0.39, 0.29) is 0 Å². The zero-order valence-corrected chi connectivity index (χ0v) is 28.3. The van der Waals surface area contributed by atoms with E-state index in [0.29, 0.717) is 5.95 Å². The lowest BCUT2D eigenvalue weighted by molar-refractivity contribution is 0.974. The average Bonchev–Trinajstić information content (AvgIpc) is 3.75. The average molecular weight is 665 g/mol. The largest absolute Gasteiger partial charge is 0.309 e. The van der Waals surface area contributed by atoms with Gasteiger partial charge in [-0.1, -0.05) is 158 Å². The molecule has 10 aromatic rings. The van der Waals surface area contributed by atoms with Gasteiger partial charge in [0.2, 0.25) is 5.95 Å². The minimum Gasteiger partial charge on any atom is -0.309 e. The minimum atomic E-state index is 0.621. The first-order chi connectivity index (χ1) is 25.8. The Morgan fingerprint density at radius 3 is 1.33 bits per heavy atom. The van der Waals surface area contributed by atoms with E-state index in [2.05, 4.69) is 191 Å². The van der Waals surface area contributed by atoms with Crippen molar-refractivity contribution in [3.05, 3.63) is 194 Å². The van der Waals surface area contributed by atoms with E-state index < -0.39 is 0 Å². The maximum absolute atomic E-state index is 5.34. The molecule has 4 heteroatoms. The molecule has 0 spiro atoms. The Labute approximate surface area is 301 Å². The molecule has 0 fully saturated rings. The molecule has 0 aliphatic heterocycles. The van der Waals surface area contributed by atoms with Gasteiger partial charge in [0.25, 0.3) is 0 Å². The van der Waals surface area contributed by atoms with Gasteiger partial charge in [-0.25, -0.2) is 9.97 Å². The van der Waals surface area contributed by atoms with Crippen LogP contribution in [0.1, 0.15) is 0 Å². The van der Waals surface area contributed by atoms with Gasteiger partial charge in [-0.15, -0.1) is 0 Å². The molecular weight excluding hydrogens is 633 g/mol. The van der Waals surface area contributed by atoms with Crippen molar-refractivity contribution in [1.82, 2.24) is 19.1 Å². The second kappa shape index (κ2) is 12.4. The summed E-state index contributed by atoms with van der Waals surface area (Å²) in [5.41, 5.74) is 12.7. The molecule has 4 nitrogen and oxygen atoms in total. The predicted molar refractivity (Wildman–Crippen MR) is 215 cm³/mol. The van der Waals surface area contributed by atoms with Crippen LogP contribution in [0, 0.1) is 0 Å². The molecule has 244 valence electrons. The van der Waals surface area contributed by atoms with Gasteiger partial charge in [-0.05, 0) is 42.0 Å². The van der Waals surface area contributed by atoms with Gasteiger partial charge in [0.1, 0.15) is 0 Å². The summed E-state index contributed by atoms with van der Waals surface area (Å²) in [5.74, 6) is 0.621. The lowest BCUT2D eigenvalue weighted by Gasteiger charge is -2.16. The Kier molecular flexibility index (Phi) is 7.10. The van der Waals surface area contributed by atoms with Crippen LogP contribution in [0.25, 0.3) is 89.2 Å². The van der Waals surface area contributed by atoms with E-state index in [9.17, 15) is 0 Å². The fourth-order valence-electron chi connectivity index (χ4n) is 7.66. The molecule has 3 heterocycles. The van der Waals surface area contributed by atoms with Gasteiger partial charge in [0.05, 0.1) is 33.6 Å². The molecular formula is C48H32N4. The Hall–Kier alpha value is -7.04. The molecule has 0 radical (unpaired) electrons. The summed E-state index contributed by atoms with van der Waals surface area (Å²) >= 11 is 0. The molecule has 0 saturated heterocycles. The lowest BCUT2D eigenvalue weighted by Crippen LogP contribution is -2.06. The molecule has 7 aromatic carbocycles. The third-order valence-electron chi connectivity index (χ3n) is 9.95. The molecule has 3 aromatic heterocycles. The summed E-state index contributed by atoms with van der Waals surface area (Å²) in [6.45, 7) is 0. The van der Waals surface area contributed by atoms with Gasteiger partial charge in [-0.3, -0.25) is 4.57 Å². The van der Waals surface area contributed by atoms with Gasteiger partial charge in [0.15, 0.2) is 0 Å². The molecule has 0 aliphatic rings. The van der Waals surface area contributed by atoms with Crippen molar-refractivity contribution in [2.24, 2.45) is 0 Å². The van der Waals surface area contributed by atoms with E-state index in [4.69, 9.17) is 9.97 Å². The summed E-state index contributed by atoms with van der Waals surface area (Å²) in [4.78, 5) is 10.7. The maximum Gasteiger partial charge on any atom is 0.235 e. The molecule has 0 aliphatic carbocycles. The van der Waals surface area contributed by atoms with Crippen LogP contribution < -0.4 is 0 Å². The highest BCUT2D eigenvalue weighted by Crippen LogP contribution is 2.43. The van der Waals surface area contributed by atoms with Gasteiger partial charge >= 0.3 is 0 Å². The van der Waals surface area contributed by atoms with Crippen molar-refractivity contribution in [2.75, 3.05) is 0 Å². The predicted octanol–water partition coefficient (Wildman–Crippen LogP) is 12.2. The van der Waals surface area contributed by atoms with Crippen LogP contribution in [0.4, 0.5) is 0 Å². The molecule has 0 unspecified atom stereocenters. The van der Waals surface area contributed by atoms with Crippen LogP contribution in [-0.4, -0.2) is 19.1 Å².